The van der Waals surface area contributed by atoms with Gasteiger partial charge in [0.15, 0.2) is 0 Å². The van der Waals surface area contributed by atoms with Crippen LogP contribution < -0.4 is 5.32 Å². The highest BCUT2D eigenvalue weighted by Gasteiger charge is 1.86. The second kappa shape index (κ2) is 17.5. The monoisotopic (exact) mass is 189 g/mol. The Bertz CT molecular complexity index is 87.0. The van der Waals surface area contributed by atoms with Crippen LogP contribution >= 0.6 is 0 Å². The minimum Gasteiger partial charge on any atom is -0.499 e. The first-order valence-corrected chi connectivity index (χ1v) is 4.92. The third-order valence-corrected chi connectivity index (χ3v) is 1.14. The van der Waals surface area contributed by atoms with Gasteiger partial charge >= 0.3 is 0 Å². The minimum absolute atomic E-state index is 0.593. The Balaban J connectivity index is 0. The minimum atomic E-state index is 0.593. The average molecular weight is 189 g/mol. The van der Waals surface area contributed by atoms with Crippen molar-refractivity contribution >= 4 is 0 Å². The number of hydrogen-bond acceptors (Lipinski definition) is 3. The first-order chi connectivity index (χ1) is 6.41. The molecule has 0 saturated heterocycles. The number of likely N-dealkylation sites (N-methyl/N-ethyl adjacent to an activating group) is 1. The Morgan fingerprint density at radius 1 is 1.23 bits per heavy atom. The Morgan fingerprint density at radius 3 is 2.46 bits per heavy atom. The highest BCUT2D eigenvalue weighted by atomic mass is 16.5. The van der Waals surface area contributed by atoms with Gasteiger partial charge in [0.2, 0.25) is 0 Å². The van der Waals surface area contributed by atoms with Gasteiger partial charge in [-0.05, 0) is 6.54 Å². The van der Waals surface area contributed by atoms with E-state index in [4.69, 9.17) is 9.47 Å². The topological polar surface area (TPSA) is 30.5 Å². The molecule has 1 N–H and O–H groups in total. The first-order valence-electron chi connectivity index (χ1n) is 4.92. The van der Waals surface area contributed by atoms with Crippen LogP contribution in [0.3, 0.4) is 0 Å². The van der Waals surface area contributed by atoms with Gasteiger partial charge in [-0.1, -0.05) is 27.4 Å². The normalized spacial score (nSPS) is 8.54. The van der Waals surface area contributed by atoms with Crippen molar-refractivity contribution in [1.29, 1.82) is 0 Å². The zero-order valence-corrected chi connectivity index (χ0v) is 9.14. The lowest BCUT2D eigenvalue weighted by atomic mass is 10.6. The highest BCUT2D eigenvalue weighted by molar-refractivity contribution is 4.48. The van der Waals surface area contributed by atoms with Gasteiger partial charge in [0.25, 0.3) is 0 Å². The maximum atomic E-state index is 5.20. The number of nitrogens with one attached hydrogen (secondary N) is 1. The lowest BCUT2D eigenvalue weighted by Crippen LogP contribution is -2.19. The fourth-order valence-corrected chi connectivity index (χ4v) is 0.614. The summed E-state index contributed by atoms with van der Waals surface area (Å²) in [5.41, 5.74) is 0. The fraction of sp³-hybridized carbons (Fsp3) is 0.800. The van der Waals surface area contributed by atoms with E-state index >= 15 is 0 Å². The standard InChI is InChI=1S/C8H17NO2.C2H6/c1-3-9-5-6-11-8-7-10-4-2;1-2/h4,9H,2-3,5-8H2,1H3;1-2H3. The zero-order valence-electron chi connectivity index (χ0n) is 9.14. The van der Waals surface area contributed by atoms with Crippen molar-refractivity contribution in [2.24, 2.45) is 0 Å². The molecule has 0 rings (SSSR count). The van der Waals surface area contributed by atoms with Crippen LogP contribution in [-0.2, 0) is 9.47 Å². The molecule has 0 aromatic heterocycles. The Labute approximate surface area is 82.1 Å². The van der Waals surface area contributed by atoms with Gasteiger partial charge in [-0.3, -0.25) is 0 Å². The molecule has 0 saturated carbocycles. The first kappa shape index (κ1) is 15.0. The molecule has 0 aliphatic heterocycles. The van der Waals surface area contributed by atoms with E-state index in [1.807, 2.05) is 13.8 Å². The van der Waals surface area contributed by atoms with Crippen molar-refractivity contribution in [1.82, 2.24) is 5.32 Å². The highest BCUT2D eigenvalue weighted by Crippen LogP contribution is 1.77. The molecular weight excluding hydrogens is 166 g/mol. The summed E-state index contributed by atoms with van der Waals surface area (Å²) in [5.74, 6) is 0. The van der Waals surface area contributed by atoms with Gasteiger partial charge in [0, 0.05) is 6.54 Å². The molecule has 3 heteroatoms. The van der Waals surface area contributed by atoms with Crippen LogP contribution in [0.15, 0.2) is 12.8 Å². The molecule has 13 heavy (non-hydrogen) atoms. The van der Waals surface area contributed by atoms with Crippen molar-refractivity contribution < 1.29 is 9.47 Å². The van der Waals surface area contributed by atoms with Crippen LogP contribution in [0.1, 0.15) is 20.8 Å². The van der Waals surface area contributed by atoms with Crippen molar-refractivity contribution in [3.05, 3.63) is 12.8 Å². The molecule has 0 amide bonds. The summed E-state index contributed by atoms with van der Waals surface area (Å²) >= 11 is 0. The van der Waals surface area contributed by atoms with E-state index in [0.717, 1.165) is 19.7 Å². The largest absolute Gasteiger partial charge is 0.499 e. The second-order valence-corrected chi connectivity index (χ2v) is 2.00. The molecule has 0 heterocycles. The molecule has 0 unspecified atom stereocenters. The van der Waals surface area contributed by atoms with Gasteiger partial charge in [-0.25, -0.2) is 0 Å². The number of rotatable bonds is 8. The third-order valence-electron chi connectivity index (χ3n) is 1.14. The molecule has 0 atom stereocenters. The Hall–Kier alpha value is -0.540. The Morgan fingerprint density at radius 2 is 1.92 bits per heavy atom. The molecule has 3 nitrogen and oxygen atoms in total. The predicted molar refractivity (Wildman–Crippen MR) is 56.9 cm³/mol. The molecule has 0 aliphatic carbocycles. The van der Waals surface area contributed by atoms with E-state index in [1.165, 1.54) is 6.26 Å². The van der Waals surface area contributed by atoms with Crippen molar-refractivity contribution in [2.45, 2.75) is 20.8 Å². The molecule has 0 aromatic carbocycles. The summed E-state index contributed by atoms with van der Waals surface area (Å²) in [4.78, 5) is 0. The molecule has 0 aromatic rings. The van der Waals surface area contributed by atoms with Crippen LogP contribution in [-0.4, -0.2) is 32.9 Å². The van der Waals surface area contributed by atoms with Crippen molar-refractivity contribution in [3.8, 4) is 0 Å². The van der Waals surface area contributed by atoms with Crippen LogP contribution in [0.25, 0.3) is 0 Å². The van der Waals surface area contributed by atoms with Gasteiger partial charge in [0.1, 0.15) is 6.61 Å². The van der Waals surface area contributed by atoms with Gasteiger partial charge in [0.05, 0.1) is 19.5 Å². The van der Waals surface area contributed by atoms with Crippen molar-refractivity contribution in [3.63, 3.8) is 0 Å². The van der Waals surface area contributed by atoms with Gasteiger partial charge < -0.3 is 14.8 Å². The van der Waals surface area contributed by atoms with E-state index in [0.29, 0.717) is 13.2 Å². The third kappa shape index (κ3) is 18.4. The summed E-state index contributed by atoms with van der Waals surface area (Å²) in [7, 11) is 0. The molecule has 80 valence electrons. The second-order valence-electron chi connectivity index (χ2n) is 2.00. The van der Waals surface area contributed by atoms with E-state index in [9.17, 15) is 0 Å². The molecular formula is C10H23NO2. The lowest BCUT2D eigenvalue weighted by Gasteiger charge is -2.03. The molecule has 0 spiro atoms. The van der Waals surface area contributed by atoms with Crippen LogP contribution in [0.2, 0.25) is 0 Å². The molecule has 0 radical (unpaired) electrons. The smallest absolute Gasteiger partial charge is 0.111 e. The van der Waals surface area contributed by atoms with E-state index in [-0.39, 0.29) is 0 Å². The maximum Gasteiger partial charge on any atom is 0.111 e. The van der Waals surface area contributed by atoms with Crippen LogP contribution in [0, 0.1) is 0 Å². The fourth-order valence-electron chi connectivity index (χ4n) is 0.614. The Kier molecular flexibility index (Phi) is 20.2. The number of hydrogen-bond donors (Lipinski definition) is 1. The summed E-state index contributed by atoms with van der Waals surface area (Å²) < 4.78 is 10.1. The molecule has 0 bridgehead atoms. The summed E-state index contributed by atoms with van der Waals surface area (Å²) in [6, 6.07) is 0. The van der Waals surface area contributed by atoms with Gasteiger partial charge in [-0.2, -0.15) is 0 Å². The SMILES string of the molecule is C=COCCOCCNCC.CC. The zero-order chi connectivity index (χ0) is 10.4. The van der Waals surface area contributed by atoms with Crippen LogP contribution in [0.5, 0.6) is 0 Å². The summed E-state index contributed by atoms with van der Waals surface area (Å²) in [6.45, 7) is 13.4. The van der Waals surface area contributed by atoms with E-state index < -0.39 is 0 Å². The molecule has 0 aliphatic rings. The summed E-state index contributed by atoms with van der Waals surface area (Å²) in [5, 5.41) is 3.15. The van der Waals surface area contributed by atoms with Crippen molar-refractivity contribution in [2.75, 3.05) is 32.9 Å². The quantitative estimate of drug-likeness (QED) is 0.466. The molecule has 0 fully saturated rings. The summed E-state index contributed by atoms with van der Waals surface area (Å²) in [6.07, 6.45) is 1.42. The number of ether oxygens (including phenoxy) is 2. The van der Waals surface area contributed by atoms with Gasteiger partial charge in [-0.15, -0.1) is 0 Å². The van der Waals surface area contributed by atoms with E-state index in [1.54, 1.807) is 0 Å². The average Bonchev–Trinajstić information content (AvgIpc) is 2.20. The van der Waals surface area contributed by atoms with E-state index in [2.05, 4.69) is 18.8 Å². The predicted octanol–water partition coefficient (Wildman–Crippen LogP) is 1.80. The lowest BCUT2D eigenvalue weighted by molar-refractivity contribution is 0.0868. The maximum absolute atomic E-state index is 5.20. The van der Waals surface area contributed by atoms with Crippen LogP contribution in [0.4, 0.5) is 0 Å².